The van der Waals surface area contributed by atoms with Crippen molar-refractivity contribution in [1.82, 2.24) is 4.57 Å². The maximum Gasteiger partial charge on any atom is 0.271 e. The lowest BCUT2D eigenvalue weighted by atomic mass is 10.2. The van der Waals surface area contributed by atoms with Crippen LogP contribution in [-0.4, -0.2) is 9.49 Å². The van der Waals surface area contributed by atoms with E-state index in [0.717, 1.165) is 22.4 Å². The summed E-state index contributed by atoms with van der Waals surface area (Å²) in [4.78, 5) is 10.4. The van der Waals surface area contributed by atoms with Gasteiger partial charge in [-0.3, -0.25) is 10.1 Å². The van der Waals surface area contributed by atoms with Crippen molar-refractivity contribution < 1.29 is 4.92 Å². The predicted molar refractivity (Wildman–Crippen MR) is 78.2 cm³/mol. The van der Waals surface area contributed by atoms with E-state index in [1.54, 1.807) is 6.07 Å². The van der Waals surface area contributed by atoms with Crippen molar-refractivity contribution in [3.8, 4) is 0 Å². The first-order chi connectivity index (χ1) is 9.11. The summed E-state index contributed by atoms with van der Waals surface area (Å²) in [5, 5.41) is 14.0. The van der Waals surface area contributed by atoms with Crippen molar-refractivity contribution in [1.29, 1.82) is 0 Å². The van der Waals surface area contributed by atoms with E-state index in [4.69, 9.17) is 0 Å². The van der Waals surface area contributed by atoms with Gasteiger partial charge in [-0.15, -0.1) is 0 Å². The van der Waals surface area contributed by atoms with E-state index in [1.165, 1.54) is 12.1 Å². The number of nitro benzene ring substituents is 1. The highest BCUT2D eigenvalue weighted by Gasteiger charge is 2.09. The number of nitrogens with one attached hydrogen (secondary N) is 1. The molecule has 5 nitrogen and oxygen atoms in total. The van der Waals surface area contributed by atoms with Gasteiger partial charge in [-0.05, 0) is 41.1 Å². The first kappa shape index (κ1) is 13.6. The van der Waals surface area contributed by atoms with Gasteiger partial charge in [0.2, 0.25) is 0 Å². The molecule has 0 aliphatic carbocycles. The van der Waals surface area contributed by atoms with Crippen LogP contribution in [0.15, 0.2) is 41.0 Å². The molecule has 1 N–H and O–H groups in total. The van der Waals surface area contributed by atoms with E-state index in [0.29, 0.717) is 6.54 Å². The van der Waals surface area contributed by atoms with Crippen LogP contribution in [-0.2, 0) is 13.1 Å². The van der Waals surface area contributed by atoms with Crippen LogP contribution in [0.1, 0.15) is 12.6 Å². The molecule has 1 aromatic carbocycles. The Bertz CT molecular complexity index is 595. The summed E-state index contributed by atoms with van der Waals surface area (Å²) in [5.74, 6) is 0. The van der Waals surface area contributed by atoms with Crippen LogP contribution in [0.3, 0.4) is 0 Å². The fourth-order valence-corrected chi connectivity index (χ4v) is 2.25. The van der Waals surface area contributed by atoms with Crippen LogP contribution in [0.5, 0.6) is 0 Å². The number of hydrogen-bond acceptors (Lipinski definition) is 3. The van der Waals surface area contributed by atoms with Gasteiger partial charge >= 0.3 is 0 Å². The molecule has 0 radical (unpaired) electrons. The monoisotopic (exact) mass is 323 g/mol. The lowest BCUT2D eigenvalue weighted by Gasteiger charge is -2.10. The molecule has 6 heteroatoms. The summed E-state index contributed by atoms with van der Waals surface area (Å²) in [6.45, 7) is 3.60. The number of nitrogens with zero attached hydrogens (tertiary/aromatic N) is 2. The first-order valence-electron chi connectivity index (χ1n) is 5.93. The van der Waals surface area contributed by atoms with Crippen LogP contribution >= 0.6 is 15.9 Å². The number of aromatic nitrogens is 1. The standard InChI is InChI=1S/C13H14BrN3O2/c1-2-16-7-3-4-11(16)9-15-13-8-10(17(18)19)5-6-12(13)14/h3-8,15H,2,9H2,1H3. The highest BCUT2D eigenvalue weighted by Crippen LogP contribution is 2.27. The van der Waals surface area contributed by atoms with Crippen molar-refractivity contribution in [2.45, 2.75) is 20.0 Å². The molecule has 0 aliphatic heterocycles. The Kier molecular flexibility index (Phi) is 4.21. The topological polar surface area (TPSA) is 60.1 Å². The maximum absolute atomic E-state index is 10.8. The summed E-state index contributed by atoms with van der Waals surface area (Å²) in [7, 11) is 0. The third-order valence-electron chi connectivity index (χ3n) is 2.88. The molecule has 0 saturated heterocycles. The Morgan fingerprint density at radius 2 is 2.21 bits per heavy atom. The molecule has 0 unspecified atom stereocenters. The summed E-state index contributed by atoms with van der Waals surface area (Å²) in [5.41, 5.74) is 1.94. The molecule has 1 aromatic heterocycles. The fraction of sp³-hybridized carbons (Fsp3) is 0.231. The van der Waals surface area contributed by atoms with Gasteiger partial charge < -0.3 is 9.88 Å². The zero-order valence-electron chi connectivity index (χ0n) is 10.5. The molecule has 0 atom stereocenters. The minimum absolute atomic E-state index is 0.0802. The van der Waals surface area contributed by atoms with E-state index in [1.807, 2.05) is 18.3 Å². The SMILES string of the molecule is CCn1cccc1CNc1cc([N+](=O)[O-])ccc1Br. The molecule has 0 fully saturated rings. The second kappa shape index (κ2) is 5.88. The third-order valence-corrected chi connectivity index (χ3v) is 3.58. The molecule has 1 heterocycles. The summed E-state index contributed by atoms with van der Waals surface area (Å²) in [6, 6.07) is 8.71. The van der Waals surface area contributed by atoms with E-state index >= 15 is 0 Å². The van der Waals surface area contributed by atoms with Gasteiger partial charge in [0.05, 0.1) is 17.2 Å². The molecule has 2 rings (SSSR count). The second-order valence-corrected chi connectivity index (χ2v) is 4.91. The normalized spacial score (nSPS) is 10.4. The number of nitro groups is 1. The average molecular weight is 324 g/mol. The van der Waals surface area contributed by atoms with Crippen LogP contribution in [0, 0.1) is 10.1 Å². The average Bonchev–Trinajstić information content (AvgIpc) is 2.85. The largest absolute Gasteiger partial charge is 0.378 e. The Hall–Kier alpha value is -1.82. The van der Waals surface area contributed by atoms with Gasteiger partial charge in [-0.1, -0.05) is 0 Å². The Balaban J connectivity index is 2.15. The van der Waals surface area contributed by atoms with Crippen LogP contribution in [0.2, 0.25) is 0 Å². The third kappa shape index (κ3) is 3.14. The van der Waals surface area contributed by atoms with Gasteiger partial charge in [0.1, 0.15) is 0 Å². The van der Waals surface area contributed by atoms with E-state index in [9.17, 15) is 10.1 Å². The van der Waals surface area contributed by atoms with Gasteiger partial charge in [-0.2, -0.15) is 0 Å². The molecule has 19 heavy (non-hydrogen) atoms. The van der Waals surface area contributed by atoms with Crippen molar-refractivity contribution in [2.75, 3.05) is 5.32 Å². The molecule has 0 aliphatic rings. The van der Waals surface area contributed by atoms with Gasteiger partial charge in [0.25, 0.3) is 5.69 Å². The number of halogens is 1. The molecule has 0 spiro atoms. The van der Waals surface area contributed by atoms with Crippen LogP contribution < -0.4 is 5.32 Å². The van der Waals surface area contributed by atoms with Crippen molar-refractivity contribution in [3.63, 3.8) is 0 Å². The molecule has 2 aromatic rings. The number of non-ortho nitro benzene ring substituents is 1. The summed E-state index contributed by atoms with van der Waals surface area (Å²) in [6.07, 6.45) is 2.01. The Morgan fingerprint density at radius 1 is 1.42 bits per heavy atom. The number of anilines is 1. The van der Waals surface area contributed by atoms with E-state index in [2.05, 4.69) is 32.7 Å². The van der Waals surface area contributed by atoms with Crippen molar-refractivity contribution >= 4 is 27.3 Å². The summed E-state index contributed by atoms with van der Waals surface area (Å²) >= 11 is 3.39. The first-order valence-corrected chi connectivity index (χ1v) is 6.73. The quantitative estimate of drug-likeness (QED) is 0.672. The second-order valence-electron chi connectivity index (χ2n) is 4.06. The smallest absolute Gasteiger partial charge is 0.271 e. The molecule has 0 saturated carbocycles. The molecular weight excluding hydrogens is 310 g/mol. The number of aryl methyl sites for hydroxylation is 1. The van der Waals surface area contributed by atoms with Gasteiger partial charge in [-0.25, -0.2) is 0 Å². The van der Waals surface area contributed by atoms with Crippen molar-refractivity contribution in [3.05, 3.63) is 56.8 Å². The fourth-order valence-electron chi connectivity index (χ4n) is 1.87. The number of hydrogen-bond donors (Lipinski definition) is 1. The van der Waals surface area contributed by atoms with Gasteiger partial charge in [0, 0.05) is 35.0 Å². The highest BCUT2D eigenvalue weighted by molar-refractivity contribution is 9.10. The van der Waals surface area contributed by atoms with Crippen LogP contribution in [0.25, 0.3) is 0 Å². The lowest BCUT2D eigenvalue weighted by Crippen LogP contribution is -2.06. The molecule has 0 amide bonds. The van der Waals surface area contributed by atoms with Crippen LogP contribution in [0.4, 0.5) is 11.4 Å². The highest BCUT2D eigenvalue weighted by atomic mass is 79.9. The lowest BCUT2D eigenvalue weighted by molar-refractivity contribution is -0.384. The number of benzene rings is 1. The van der Waals surface area contributed by atoms with E-state index in [-0.39, 0.29) is 5.69 Å². The number of rotatable bonds is 5. The predicted octanol–water partition coefficient (Wildman–Crippen LogP) is 3.79. The molecular formula is C13H14BrN3O2. The maximum atomic E-state index is 10.8. The van der Waals surface area contributed by atoms with E-state index < -0.39 is 4.92 Å². The zero-order chi connectivity index (χ0) is 13.8. The Labute approximate surface area is 119 Å². The Morgan fingerprint density at radius 3 is 2.89 bits per heavy atom. The van der Waals surface area contributed by atoms with Gasteiger partial charge in [0.15, 0.2) is 0 Å². The zero-order valence-corrected chi connectivity index (χ0v) is 12.1. The summed E-state index contributed by atoms with van der Waals surface area (Å²) < 4.78 is 2.94. The minimum atomic E-state index is -0.396. The molecule has 0 bridgehead atoms. The van der Waals surface area contributed by atoms with Crippen molar-refractivity contribution in [2.24, 2.45) is 0 Å². The minimum Gasteiger partial charge on any atom is -0.378 e. The molecule has 100 valence electrons.